The van der Waals surface area contributed by atoms with Gasteiger partial charge in [-0.1, -0.05) is 31.2 Å². The number of aliphatic imine (C=N–C) groups is 1. The highest BCUT2D eigenvalue weighted by Crippen LogP contribution is 2.16. The number of hydrogen-bond donors (Lipinski definition) is 2. The second-order valence-electron chi connectivity index (χ2n) is 6.42. The molecule has 1 fully saturated rings. The molecule has 142 valence electrons. The third-order valence-corrected chi connectivity index (χ3v) is 4.45. The van der Waals surface area contributed by atoms with Crippen LogP contribution in [0.1, 0.15) is 35.7 Å². The van der Waals surface area contributed by atoms with Crippen molar-refractivity contribution < 1.29 is 13.9 Å². The predicted octanol–water partition coefficient (Wildman–Crippen LogP) is 3.77. The topological polar surface area (TPSA) is 62.7 Å². The van der Waals surface area contributed by atoms with Crippen LogP contribution in [0, 0.1) is 5.82 Å². The Kier molecular flexibility index (Phi) is 6.54. The first-order chi connectivity index (χ1) is 13.2. The number of amides is 1. The molecule has 0 aromatic heterocycles. The van der Waals surface area contributed by atoms with Gasteiger partial charge in [0.15, 0.2) is 0 Å². The zero-order valence-corrected chi connectivity index (χ0v) is 15.4. The van der Waals surface area contributed by atoms with Gasteiger partial charge in [-0.2, -0.15) is 0 Å². The molecule has 5 nitrogen and oxygen atoms in total. The Morgan fingerprint density at radius 1 is 1.26 bits per heavy atom. The van der Waals surface area contributed by atoms with Gasteiger partial charge >= 0.3 is 0 Å². The number of carbonyl (C=O) groups excluding carboxylic acids is 1. The highest BCUT2D eigenvalue weighted by Gasteiger charge is 2.16. The molecule has 0 bridgehead atoms. The second kappa shape index (κ2) is 9.28. The van der Waals surface area contributed by atoms with Gasteiger partial charge in [0.2, 0.25) is 5.96 Å². The highest BCUT2D eigenvalue weighted by atomic mass is 19.1. The summed E-state index contributed by atoms with van der Waals surface area (Å²) in [5.41, 5.74) is 2.23. The Balaban J connectivity index is 1.78. The Bertz CT molecular complexity index is 817. The van der Waals surface area contributed by atoms with Crippen LogP contribution in [0.15, 0.2) is 53.5 Å². The number of carbonyl (C=O) groups is 1. The fourth-order valence-corrected chi connectivity index (χ4v) is 2.98. The molecule has 1 saturated heterocycles. The van der Waals surface area contributed by atoms with Crippen LogP contribution in [-0.2, 0) is 11.2 Å². The van der Waals surface area contributed by atoms with Crippen molar-refractivity contribution in [1.29, 1.82) is 0 Å². The summed E-state index contributed by atoms with van der Waals surface area (Å²) in [7, 11) is 0. The van der Waals surface area contributed by atoms with Crippen LogP contribution in [0.5, 0.6) is 0 Å². The number of rotatable bonds is 5. The summed E-state index contributed by atoms with van der Waals surface area (Å²) in [6.07, 6.45) is 2.89. The summed E-state index contributed by atoms with van der Waals surface area (Å²) < 4.78 is 19.0. The lowest BCUT2D eigenvalue weighted by molar-refractivity contribution is 0.0975. The summed E-state index contributed by atoms with van der Waals surface area (Å²) in [4.78, 5) is 17.0. The number of hydrogen-bond acceptors (Lipinski definition) is 3. The molecule has 1 unspecified atom stereocenters. The standard InChI is InChI=1S/C21H24FN3O2/c1-2-15-7-3-4-11-19(15)24-21(23-14-18-10-6-12-27-18)25-20(26)16-8-5-9-17(22)13-16/h3-5,7-9,11,13,18H,2,6,10,12,14H2,1H3,(H2,23,24,25,26). The fraction of sp³-hybridized carbons (Fsp3) is 0.333. The Labute approximate surface area is 158 Å². The average Bonchev–Trinajstić information content (AvgIpc) is 3.20. The number of para-hydroxylation sites is 1. The molecule has 0 radical (unpaired) electrons. The first-order valence-electron chi connectivity index (χ1n) is 9.23. The molecular formula is C21H24FN3O2. The number of nitrogens with zero attached hydrogens (tertiary/aromatic N) is 1. The van der Waals surface area contributed by atoms with E-state index in [-0.39, 0.29) is 11.7 Å². The van der Waals surface area contributed by atoms with Crippen molar-refractivity contribution in [1.82, 2.24) is 5.32 Å². The van der Waals surface area contributed by atoms with E-state index in [1.165, 1.54) is 18.2 Å². The van der Waals surface area contributed by atoms with Gasteiger partial charge in [-0.3, -0.25) is 10.1 Å². The van der Waals surface area contributed by atoms with Gasteiger partial charge in [0.1, 0.15) is 5.82 Å². The molecular weight excluding hydrogens is 345 g/mol. The zero-order chi connectivity index (χ0) is 19.1. The van der Waals surface area contributed by atoms with Crippen molar-refractivity contribution in [2.75, 3.05) is 18.5 Å². The molecule has 1 aliphatic rings. The largest absolute Gasteiger partial charge is 0.376 e. The first kappa shape index (κ1) is 19.0. The smallest absolute Gasteiger partial charge is 0.258 e. The molecule has 0 spiro atoms. The summed E-state index contributed by atoms with van der Waals surface area (Å²) in [5.74, 6) is -0.535. The molecule has 1 aliphatic heterocycles. The number of benzene rings is 2. The molecule has 1 amide bonds. The normalized spacial score (nSPS) is 17.0. The van der Waals surface area contributed by atoms with Crippen LogP contribution in [0.2, 0.25) is 0 Å². The number of guanidine groups is 1. The molecule has 6 heteroatoms. The van der Waals surface area contributed by atoms with E-state index in [4.69, 9.17) is 4.74 Å². The maximum absolute atomic E-state index is 13.4. The minimum atomic E-state index is -0.454. The number of nitrogens with one attached hydrogen (secondary N) is 2. The number of halogens is 1. The molecule has 3 rings (SSSR count). The molecule has 0 saturated carbocycles. The summed E-state index contributed by atoms with van der Waals surface area (Å²) in [5, 5.41) is 5.97. The monoisotopic (exact) mass is 369 g/mol. The summed E-state index contributed by atoms with van der Waals surface area (Å²) >= 11 is 0. The lowest BCUT2D eigenvalue weighted by Crippen LogP contribution is -2.37. The summed E-state index contributed by atoms with van der Waals surface area (Å²) in [6, 6.07) is 13.4. The van der Waals surface area contributed by atoms with Gasteiger partial charge in [0.05, 0.1) is 12.6 Å². The minimum Gasteiger partial charge on any atom is -0.376 e. The predicted molar refractivity (Wildman–Crippen MR) is 105 cm³/mol. The van der Waals surface area contributed by atoms with E-state index in [1.807, 2.05) is 24.3 Å². The lowest BCUT2D eigenvalue weighted by atomic mass is 10.1. The molecule has 2 aromatic carbocycles. The van der Waals surface area contributed by atoms with Gasteiger partial charge in [0.25, 0.3) is 5.91 Å². The molecule has 27 heavy (non-hydrogen) atoms. The quantitative estimate of drug-likeness (QED) is 0.623. The van der Waals surface area contributed by atoms with E-state index in [2.05, 4.69) is 22.5 Å². The zero-order valence-electron chi connectivity index (χ0n) is 15.4. The van der Waals surface area contributed by atoms with E-state index in [1.54, 1.807) is 6.07 Å². The second-order valence-corrected chi connectivity index (χ2v) is 6.42. The molecule has 1 heterocycles. The Morgan fingerprint density at radius 3 is 2.85 bits per heavy atom. The van der Waals surface area contributed by atoms with Gasteiger partial charge in [-0.15, -0.1) is 0 Å². The van der Waals surface area contributed by atoms with Crippen molar-refractivity contribution >= 4 is 17.6 Å². The SMILES string of the molecule is CCc1ccccc1NC(=NCC1CCCO1)NC(=O)c1cccc(F)c1. The molecule has 0 aliphatic carbocycles. The van der Waals surface area contributed by atoms with Gasteiger partial charge in [-0.05, 0) is 49.1 Å². The van der Waals surface area contributed by atoms with Crippen molar-refractivity contribution in [3.05, 3.63) is 65.5 Å². The van der Waals surface area contributed by atoms with Crippen LogP contribution in [-0.4, -0.2) is 31.1 Å². The Morgan fingerprint density at radius 2 is 2.11 bits per heavy atom. The van der Waals surface area contributed by atoms with Crippen molar-refractivity contribution in [3.63, 3.8) is 0 Å². The van der Waals surface area contributed by atoms with E-state index in [0.29, 0.717) is 12.5 Å². The molecule has 1 atom stereocenters. The van der Waals surface area contributed by atoms with E-state index in [0.717, 1.165) is 37.1 Å². The van der Waals surface area contributed by atoms with Gasteiger partial charge in [-0.25, -0.2) is 9.38 Å². The minimum absolute atomic E-state index is 0.0642. The van der Waals surface area contributed by atoms with Crippen LogP contribution < -0.4 is 10.6 Å². The van der Waals surface area contributed by atoms with E-state index in [9.17, 15) is 9.18 Å². The van der Waals surface area contributed by atoms with Crippen LogP contribution >= 0.6 is 0 Å². The highest BCUT2D eigenvalue weighted by molar-refractivity contribution is 6.10. The number of aryl methyl sites for hydroxylation is 1. The van der Waals surface area contributed by atoms with Crippen molar-refractivity contribution in [2.24, 2.45) is 4.99 Å². The lowest BCUT2D eigenvalue weighted by Gasteiger charge is -2.15. The Hall–Kier alpha value is -2.73. The maximum Gasteiger partial charge on any atom is 0.258 e. The first-order valence-corrected chi connectivity index (χ1v) is 9.23. The van der Waals surface area contributed by atoms with Crippen LogP contribution in [0.3, 0.4) is 0 Å². The summed E-state index contributed by atoms with van der Waals surface area (Å²) in [6.45, 7) is 3.27. The van der Waals surface area contributed by atoms with Gasteiger partial charge in [0, 0.05) is 17.9 Å². The average molecular weight is 369 g/mol. The molecule has 2 N–H and O–H groups in total. The van der Waals surface area contributed by atoms with E-state index < -0.39 is 11.7 Å². The number of anilines is 1. The molecule has 2 aromatic rings. The van der Waals surface area contributed by atoms with Crippen molar-refractivity contribution in [3.8, 4) is 0 Å². The van der Waals surface area contributed by atoms with Gasteiger partial charge < -0.3 is 10.1 Å². The van der Waals surface area contributed by atoms with Crippen molar-refractivity contribution in [2.45, 2.75) is 32.3 Å². The third-order valence-electron chi connectivity index (χ3n) is 4.45. The maximum atomic E-state index is 13.4. The van der Waals surface area contributed by atoms with Crippen LogP contribution in [0.4, 0.5) is 10.1 Å². The van der Waals surface area contributed by atoms with E-state index >= 15 is 0 Å². The van der Waals surface area contributed by atoms with Crippen LogP contribution in [0.25, 0.3) is 0 Å². The number of ether oxygens (including phenoxy) is 1. The fourth-order valence-electron chi connectivity index (χ4n) is 2.98. The third kappa shape index (κ3) is 5.37.